The first kappa shape index (κ1) is 24.2. The zero-order valence-corrected chi connectivity index (χ0v) is 20.6. The Morgan fingerprint density at radius 2 is 1.71 bits per heavy atom. The van der Waals surface area contributed by atoms with Gasteiger partial charge in [0, 0.05) is 24.5 Å². The average Bonchev–Trinajstić information content (AvgIpc) is 2.80. The van der Waals surface area contributed by atoms with Crippen LogP contribution in [0.5, 0.6) is 0 Å². The van der Waals surface area contributed by atoms with Gasteiger partial charge in [-0.2, -0.15) is 0 Å². The Kier molecular flexibility index (Phi) is 6.75. The Balaban J connectivity index is 1.55. The Morgan fingerprint density at radius 3 is 2.46 bits per heavy atom. The van der Waals surface area contributed by atoms with Crippen LogP contribution < -0.4 is 10.0 Å². The molecule has 0 radical (unpaired) electrons. The van der Waals surface area contributed by atoms with Crippen LogP contribution in [-0.4, -0.2) is 25.1 Å². The number of anilines is 2. The highest BCUT2D eigenvalue weighted by molar-refractivity contribution is 7.92. The van der Waals surface area contributed by atoms with Crippen LogP contribution in [0.25, 0.3) is 6.08 Å². The molecule has 0 aliphatic carbocycles. The number of nitrogens with one attached hydrogen (secondary N) is 2. The Hall–Kier alpha value is -3.91. The fourth-order valence-electron chi connectivity index (χ4n) is 4.19. The van der Waals surface area contributed by atoms with E-state index in [-0.39, 0.29) is 23.1 Å². The van der Waals surface area contributed by atoms with Gasteiger partial charge in [-0.3, -0.25) is 14.3 Å². The summed E-state index contributed by atoms with van der Waals surface area (Å²) < 4.78 is 28.7. The molecule has 2 N–H and O–H groups in total. The number of aryl methyl sites for hydroxylation is 2. The fourth-order valence-corrected chi connectivity index (χ4v) is 5.51. The molecule has 0 saturated heterocycles. The van der Waals surface area contributed by atoms with Gasteiger partial charge in [-0.05, 0) is 66.4 Å². The first-order valence-electron chi connectivity index (χ1n) is 11.2. The van der Waals surface area contributed by atoms with Gasteiger partial charge in [0.15, 0.2) is 0 Å². The first-order chi connectivity index (χ1) is 16.6. The van der Waals surface area contributed by atoms with Crippen LogP contribution in [0.4, 0.5) is 11.4 Å². The zero-order valence-electron chi connectivity index (χ0n) is 19.8. The van der Waals surface area contributed by atoms with E-state index in [0.717, 1.165) is 16.7 Å². The van der Waals surface area contributed by atoms with Crippen LogP contribution in [0.3, 0.4) is 0 Å². The van der Waals surface area contributed by atoms with Crippen LogP contribution >= 0.6 is 0 Å². The second-order valence-electron chi connectivity index (χ2n) is 8.59. The van der Waals surface area contributed by atoms with Crippen LogP contribution in [-0.2, 0) is 19.6 Å². The summed E-state index contributed by atoms with van der Waals surface area (Å²) in [5, 5.41) is 2.80. The lowest BCUT2D eigenvalue weighted by Crippen LogP contribution is -2.33. The first-order valence-corrected chi connectivity index (χ1v) is 12.7. The van der Waals surface area contributed by atoms with E-state index in [4.69, 9.17) is 0 Å². The zero-order chi connectivity index (χ0) is 25.2. The molecule has 1 aliphatic rings. The van der Waals surface area contributed by atoms with E-state index in [9.17, 15) is 18.0 Å². The second kappa shape index (κ2) is 9.76. The van der Waals surface area contributed by atoms with Crippen LogP contribution in [0.2, 0.25) is 0 Å². The molecule has 0 saturated carbocycles. The molecule has 0 aromatic heterocycles. The molecule has 1 aliphatic heterocycles. The monoisotopic (exact) mass is 489 g/mol. The second-order valence-corrected chi connectivity index (χ2v) is 10.2. The Morgan fingerprint density at radius 1 is 0.943 bits per heavy atom. The van der Waals surface area contributed by atoms with Gasteiger partial charge in [0.2, 0.25) is 11.8 Å². The number of carbonyl (C=O) groups is 2. The molecule has 0 bridgehead atoms. The Bertz CT molecular complexity index is 1430. The van der Waals surface area contributed by atoms with Crippen molar-refractivity contribution in [2.45, 2.75) is 38.1 Å². The highest BCUT2D eigenvalue weighted by Crippen LogP contribution is 2.33. The Labute approximate surface area is 205 Å². The van der Waals surface area contributed by atoms with E-state index in [1.165, 1.54) is 13.0 Å². The largest absolute Gasteiger partial charge is 0.326 e. The lowest BCUT2D eigenvalue weighted by Gasteiger charge is -2.32. The maximum absolute atomic E-state index is 13.1. The van der Waals surface area contributed by atoms with Crippen molar-refractivity contribution in [1.29, 1.82) is 0 Å². The van der Waals surface area contributed by atoms with E-state index >= 15 is 0 Å². The lowest BCUT2D eigenvalue weighted by molar-refractivity contribution is -0.129. The van der Waals surface area contributed by atoms with Crippen molar-refractivity contribution in [3.05, 3.63) is 95.2 Å². The third-order valence-electron chi connectivity index (χ3n) is 5.88. The standard InChI is InChI=1S/C27H27N3O4S/c1-18-7-6-9-23(15-18)29-35(33,34)26-16-22(12-11-19(26)2)28-27(32)17-25-24-10-5-4-8-21(24)13-14-30(25)20(3)31/h4-16,25,29H,17H2,1-3H3,(H,28,32)/t25-/m1/s1. The van der Waals surface area contributed by atoms with Crippen LogP contribution in [0.1, 0.15) is 41.6 Å². The molecule has 1 atom stereocenters. The van der Waals surface area contributed by atoms with E-state index in [1.54, 1.807) is 48.4 Å². The number of amides is 2. The number of carbonyl (C=O) groups excluding carboxylic acids is 2. The van der Waals surface area contributed by atoms with Gasteiger partial charge in [-0.1, -0.05) is 42.5 Å². The summed E-state index contributed by atoms with van der Waals surface area (Å²) in [6.45, 7) is 5.04. The molecule has 35 heavy (non-hydrogen) atoms. The molecule has 0 unspecified atom stereocenters. The number of benzene rings is 3. The quantitative estimate of drug-likeness (QED) is 0.509. The molecule has 8 heteroatoms. The van der Waals surface area contributed by atoms with Crippen molar-refractivity contribution in [2.75, 3.05) is 10.0 Å². The fraction of sp³-hybridized carbons (Fsp3) is 0.185. The highest BCUT2D eigenvalue weighted by Gasteiger charge is 2.28. The molecule has 0 fully saturated rings. The number of hydrogen-bond acceptors (Lipinski definition) is 4. The van der Waals surface area contributed by atoms with E-state index in [2.05, 4.69) is 10.0 Å². The van der Waals surface area contributed by atoms with Gasteiger partial charge in [0.05, 0.1) is 17.4 Å². The minimum atomic E-state index is -3.87. The summed E-state index contributed by atoms with van der Waals surface area (Å²) >= 11 is 0. The molecular formula is C27H27N3O4S. The third-order valence-corrected chi connectivity index (χ3v) is 7.40. The number of rotatable bonds is 6. The molecule has 3 aromatic carbocycles. The predicted octanol–water partition coefficient (Wildman–Crippen LogP) is 5.01. The van der Waals surface area contributed by atoms with Crippen molar-refractivity contribution in [3.63, 3.8) is 0 Å². The SMILES string of the molecule is CC(=O)N1C=Cc2ccccc2[C@H]1CC(=O)Nc1ccc(C)c(S(=O)(=O)Nc2cccc(C)c2)c1. The third kappa shape index (κ3) is 5.44. The molecule has 7 nitrogen and oxygen atoms in total. The lowest BCUT2D eigenvalue weighted by atomic mass is 9.93. The normalized spacial score (nSPS) is 14.8. The minimum absolute atomic E-state index is 0.0262. The number of sulfonamides is 1. The number of nitrogens with zero attached hydrogens (tertiary/aromatic N) is 1. The summed E-state index contributed by atoms with van der Waals surface area (Å²) in [7, 11) is -3.87. The maximum atomic E-state index is 13.1. The molecule has 4 rings (SSSR count). The summed E-state index contributed by atoms with van der Waals surface area (Å²) in [4.78, 5) is 26.8. The van der Waals surface area contributed by atoms with Gasteiger partial charge in [-0.15, -0.1) is 0 Å². The van der Waals surface area contributed by atoms with Gasteiger partial charge >= 0.3 is 0 Å². The maximum Gasteiger partial charge on any atom is 0.262 e. The molecular weight excluding hydrogens is 462 g/mol. The highest BCUT2D eigenvalue weighted by atomic mass is 32.2. The molecule has 0 spiro atoms. The minimum Gasteiger partial charge on any atom is -0.326 e. The van der Waals surface area contributed by atoms with Crippen molar-refractivity contribution in [1.82, 2.24) is 4.90 Å². The average molecular weight is 490 g/mol. The number of hydrogen-bond donors (Lipinski definition) is 2. The van der Waals surface area contributed by atoms with Gasteiger partial charge in [0.1, 0.15) is 0 Å². The topological polar surface area (TPSA) is 95.6 Å². The van der Waals surface area contributed by atoms with Crippen LogP contribution in [0, 0.1) is 13.8 Å². The van der Waals surface area contributed by atoms with Gasteiger partial charge in [-0.25, -0.2) is 8.42 Å². The molecule has 3 aromatic rings. The van der Waals surface area contributed by atoms with Gasteiger partial charge in [0.25, 0.3) is 10.0 Å². The molecule has 180 valence electrons. The predicted molar refractivity (Wildman–Crippen MR) is 137 cm³/mol. The van der Waals surface area contributed by atoms with E-state index in [1.807, 2.05) is 43.3 Å². The summed E-state index contributed by atoms with van der Waals surface area (Å²) in [6, 6.07) is 19.0. The van der Waals surface area contributed by atoms with Crippen molar-refractivity contribution < 1.29 is 18.0 Å². The molecule has 2 amide bonds. The molecule has 1 heterocycles. The summed E-state index contributed by atoms with van der Waals surface area (Å²) in [5.74, 6) is -0.496. The number of fused-ring (bicyclic) bond motifs is 1. The summed E-state index contributed by atoms with van der Waals surface area (Å²) in [5.41, 5.74) is 4.15. The van der Waals surface area contributed by atoms with Gasteiger partial charge < -0.3 is 10.2 Å². The van der Waals surface area contributed by atoms with Crippen molar-refractivity contribution >= 4 is 39.3 Å². The van der Waals surface area contributed by atoms with Crippen molar-refractivity contribution in [2.24, 2.45) is 0 Å². The summed E-state index contributed by atoms with van der Waals surface area (Å²) in [6.07, 6.45) is 3.57. The van der Waals surface area contributed by atoms with E-state index < -0.39 is 16.1 Å². The van der Waals surface area contributed by atoms with E-state index in [0.29, 0.717) is 16.9 Å². The van der Waals surface area contributed by atoms with Crippen molar-refractivity contribution in [3.8, 4) is 0 Å². The smallest absolute Gasteiger partial charge is 0.262 e. The van der Waals surface area contributed by atoms with Crippen LogP contribution in [0.15, 0.2) is 77.8 Å².